The molecule has 0 aromatic heterocycles. The van der Waals surface area contributed by atoms with Crippen molar-refractivity contribution in [1.29, 1.82) is 0 Å². The zero-order valence-electron chi connectivity index (χ0n) is 9.35. The van der Waals surface area contributed by atoms with Crippen LogP contribution < -0.4 is 10.1 Å². The Morgan fingerprint density at radius 3 is 2.81 bits per heavy atom. The Kier molecular flexibility index (Phi) is 3.41. The first-order valence-electron chi connectivity index (χ1n) is 5.46. The number of hydrogen-bond donors (Lipinski definition) is 1. The molecule has 0 radical (unpaired) electrons. The Morgan fingerprint density at radius 2 is 2.19 bits per heavy atom. The Hall–Kier alpha value is -1.55. The quantitative estimate of drug-likeness (QED) is 0.820. The number of carbonyl (C=O) groups is 1. The second kappa shape index (κ2) is 4.99. The van der Waals surface area contributed by atoms with Crippen LogP contribution >= 0.6 is 0 Å². The van der Waals surface area contributed by atoms with Crippen LogP contribution in [0.4, 0.5) is 4.79 Å². The highest BCUT2D eigenvalue weighted by Gasteiger charge is 2.21. The molecule has 1 aliphatic heterocycles. The third-order valence-corrected chi connectivity index (χ3v) is 2.67. The molecule has 1 unspecified atom stereocenters. The van der Waals surface area contributed by atoms with Gasteiger partial charge in [0.2, 0.25) is 0 Å². The number of nitrogens with one attached hydrogen (secondary N) is 1. The average Bonchev–Trinajstić information content (AvgIpc) is 2.65. The molecular formula is C12H16N2O2. The van der Waals surface area contributed by atoms with E-state index in [0.29, 0.717) is 5.75 Å². The molecule has 4 nitrogen and oxygen atoms in total. The highest BCUT2D eigenvalue weighted by atomic mass is 16.6. The molecule has 0 spiro atoms. The van der Waals surface area contributed by atoms with E-state index in [4.69, 9.17) is 4.74 Å². The smallest absolute Gasteiger partial charge is 0.410 e. The standard InChI is InChI=1S/C12H16N2O2/c1-14-8-7-10(9-14)13-12(15)16-11-5-3-2-4-6-11/h2-6,10H,7-9H2,1H3,(H,13,15). The van der Waals surface area contributed by atoms with E-state index in [1.807, 2.05) is 25.2 Å². The second-order valence-corrected chi connectivity index (χ2v) is 4.09. The van der Waals surface area contributed by atoms with Gasteiger partial charge in [0.15, 0.2) is 0 Å². The SMILES string of the molecule is CN1CCC(NC(=O)Oc2ccccc2)C1. The van der Waals surface area contributed by atoms with E-state index in [1.165, 1.54) is 0 Å². The fourth-order valence-electron chi connectivity index (χ4n) is 1.84. The molecular weight excluding hydrogens is 204 g/mol. The first-order valence-corrected chi connectivity index (χ1v) is 5.46. The number of carbonyl (C=O) groups excluding carboxylic acids is 1. The predicted molar refractivity (Wildman–Crippen MR) is 61.5 cm³/mol. The Morgan fingerprint density at radius 1 is 1.44 bits per heavy atom. The Bertz CT molecular complexity index is 353. The van der Waals surface area contributed by atoms with Crippen molar-refractivity contribution in [2.45, 2.75) is 12.5 Å². The van der Waals surface area contributed by atoms with Gasteiger partial charge in [-0.1, -0.05) is 18.2 Å². The highest BCUT2D eigenvalue weighted by molar-refractivity contribution is 5.70. The third-order valence-electron chi connectivity index (χ3n) is 2.67. The number of rotatable bonds is 2. The maximum absolute atomic E-state index is 11.5. The van der Waals surface area contributed by atoms with Gasteiger partial charge in [0.25, 0.3) is 0 Å². The first kappa shape index (κ1) is 11.0. The number of likely N-dealkylation sites (N-methyl/N-ethyl adjacent to an activating group) is 1. The number of benzene rings is 1. The predicted octanol–water partition coefficient (Wildman–Crippen LogP) is 1.48. The van der Waals surface area contributed by atoms with Gasteiger partial charge in [0, 0.05) is 12.6 Å². The molecule has 1 aliphatic rings. The molecule has 0 bridgehead atoms. The summed E-state index contributed by atoms with van der Waals surface area (Å²) in [5, 5.41) is 2.85. The average molecular weight is 220 g/mol. The Labute approximate surface area is 95.2 Å². The van der Waals surface area contributed by atoms with Crippen LogP contribution in [0.2, 0.25) is 0 Å². The van der Waals surface area contributed by atoms with Crippen molar-refractivity contribution in [3.63, 3.8) is 0 Å². The fourth-order valence-corrected chi connectivity index (χ4v) is 1.84. The van der Waals surface area contributed by atoms with Crippen LogP contribution in [0, 0.1) is 0 Å². The first-order chi connectivity index (χ1) is 7.74. The fraction of sp³-hybridized carbons (Fsp3) is 0.417. The lowest BCUT2D eigenvalue weighted by Gasteiger charge is -2.12. The molecule has 1 aromatic carbocycles. The number of hydrogen-bond acceptors (Lipinski definition) is 3. The summed E-state index contributed by atoms with van der Waals surface area (Å²) in [7, 11) is 2.05. The van der Waals surface area contributed by atoms with Crippen molar-refractivity contribution < 1.29 is 9.53 Å². The number of nitrogens with zero attached hydrogens (tertiary/aromatic N) is 1. The van der Waals surface area contributed by atoms with Gasteiger partial charge >= 0.3 is 6.09 Å². The summed E-state index contributed by atoms with van der Waals surface area (Å²) in [6.45, 7) is 1.92. The maximum Gasteiger partial charge on any atom is 0.412 e. The van der Waals surface area contributed by atoms with Crippen molar-refractivity contribution in [2.24, 2.45) is 0 Å². The molecule has 1 amide bonds. The van der Waals surface area contributed by atoms with E-state index in [0.717, 1.165) is 19.5 Å². The van der Waals surface area contributed by atoms with Gasteiger partial charge in [0.1, 0.15) is 5.75 Å². The van der Waals surface area contributed by atoms with Crippen LogP contribution in [0.25, 0.3) is 0 Å². The summed E-state index contributed by atoms with van der Waals surface area (Å²) in [4.78, 5) is 13.7. The lowest BCUT2D eigenvalue weighted by Crippen LogP contribution is -2.38. The normalized spacial score (nSPS) is 20.7. The van der Waals surface area contributed by atoms with Crippen molar-refractivity contribution in [1.82, 2.24) is 10.2 Å². The maximum atomic E-state index is 11.5. The lowest BCUT2D eigenvalue weighted by atomic mass is 10.3. The van der Waals surface area contributed by atoms with Gasteiger partial charge in [0.05, 0.1) is 0 Å². The molecule has 1 fully saturated rings. The molecule has 1 N–H and O–H groups in total. The van der Waals surface area contributed by atoms with Crippen molar-refractivity contribution in [3.8, 4) is 5.75 Å². The largest absolute Gasteiger partial charge is 0.412 e. The van der Waals surface area contributed by atoms with Crippen molar-refractivity contribution in [2.75, 3.05) is 20.1 Å². The molecule has 4 heteroatoms. The van der Waals surface area contributed by atoms with Gasteiger partial charge in [-0.3, -0.25) is 0 Å². The number of likely N-dealkylation sites (tertiary alicyclic amines) is 1. The van der Waals surface area contributed by atoms with Crippen molar-refractivity contribution in [3.05, 3.63) is 30.3 Å². The summed E-state index contributed by atoms with van der Waals surface area (Å²) < 4.78 is 5.14. The van der Waals surface area contributed by atoms with E-state index in [2.05, 4.69) is 10.2 Å². The van der Waals surface area contributed by atoms with Crippen LogP contribution in [-0.4, -0.2) is 37.2 Å². The molecule has 0 saturated carbocycles. The minimum absolute atomic E-state index is 0.209. The summed E-state index contributed by atoms with van der Waals surface area (Å²) in [6, 6.07) is 9.30. The van der Waals surface area contributed by atoms with Gasteiger partial charge in [-0.25, -0.2) is 4.79 Å². The summed E-state index contributed by atoms with van der Waals surface area (Å²) in [5.74, 6) is 0.575. The molecule has 0 aliphatic carbocycles. The zero-order chi connectivity index (χ0) is 11.4. The van der Waals surface area contributed by atoms with Gasteiger partial charge < -0.3 is 15.0 Å². The molecule has 16 heavy (non-hydrogen) atoms. The highest BCUT2D eigenvalue weighted by Crippen LogP contribution is 2.10. The van der Waals surface area contributed by atoms with E-state index >= 15 is 0 Å². The summed E-state index contributed by atoms with van der Waals surface area (Å²) in [6.07, 6.45) is 0.618. The summed E-state index contributed by atoms with van der Waals surface area (Å²) >= 11 is 0. The minimum atomic E-state index is -0.369. The minimum Gasteiger partial charge on any atom is -0.410 e. The molecule has 1 heterocycles. The van der Waals surface area contributed by atoms with Crippen molar-refractivity contribution >= 4 is 6.09 Å². The molecule has 86 valence electrons. The Balaban J connectivity index is 1.81. The zero-order valence-corrected chi connectivity index (χ0v) is 9.35. The van der Waals surface area contributed by atoms with E-state index < -0.39 is 0 Å². The third kappa shape index (κ3) is 2.97. The number of amides is 1. The van der Waals surface area contributed by atoms with Crippen LogP contribution in [0.5, 0.6) is 5.75 Å². The van der Waals surface area contributed by atoms with Crippen LogP contribution in [-0.2, 0) is 0 Å². The topological polar surface area (TPSA) is 41.6 Å². The number of para-hydroxylation sites is 1. The molecule has 1 aromatic rings. The van der Waals surface area contributed by atoms with Crippen LogP contribution in [0.15, 0.2) is 30.3 Å². The summed E-state index contributed by atoms with van der Waals surface area (Å²) in [5.41, 5.74) is 0. The number of ether oxygens (including phenoxy) is 1. The van der Waals surface area contributed by atoms with Crippen LogP contribution in [0.1, 0.15) is 6.42 Å². The monoisotopic (exact) mass is 220 g/mol. The molecule has 1 atom stereocenters. The van der Waals surface area contributed by atoms with E-state index in [1.54, 1.807) is 12.1 Å². The lowest BCUT2D eigenvalue weighted by molar-refractivity contribution is 0.196. The van der Waals surface area contributed by atoms with Gasteiger partial charge in [-0.2, -0.15) is 0 Å². The van der Waals surface area contributed by atoms with E-state index in [-0.39, 0.29) is 12.1 Å². The van der Waals surface area contributed by atoms with E-state index in [9.17, 15) is 4.79 Å². The molecule has 1 saturated heterocycles. The second-order valence-electron chi connectivity index (χ2n) is 4.09. The van der Waals surface area contributed by atoms with Gasteiger partial charge in [-0.05, 0) is 32.1 Å². The molecule has 2 rings (SSSR count). The van der Waals surface area contributed by atoms with Crippen LogP contribution in [0.3, 0.4) is 0 Å². The van der Waals surface area contributed by atoms with Gasteiger partial charge in [-0.15, -0.1) is 0 Å².